The Bertz CT molecular complexity index is 4000. The summed E-state index contributed by atoms with van der Waals surface area (Å²) in [6.07, 6.45) is 0. The van der Waals surface area contributed by atoms with Crippen LogP contribution < -0.4 is 0 Å². The smallest absolute Gasteiger partial charge is 0.0619 e. The standard InChI is InChI=1S/C64H40N2/c1-4-20-43(21-5-1)60-50-30-14-28-48(52-32-16-34-54-61-46-26-12-10-18-41(46)36-38-58(61)65(63(52)54)44-22-6-2-7-23-44)56(50)40-57-49(29-15-31-51(57)60)53-33-17-35-55-62-47-27-13-11-19-42(47)37-39-59(62)66(64(53)55)45-24-8-3-9-25-45/h1-40H. The second-order valence-corrected chi connectivity index (χ2v) is 17.5. The first-order chi connectivity index (χ1) is 32.8. The first-order valence-corrected chi connectivity index (χ1v) is 22.9. The SMILES string of the molecule is c1ccc(-c2c3cccc(-c4cccc5c6c7ccccc7ccc6n(-c6ccccc6)c45)c3cc3c(-c4cccc5c6c7ccccc7ccc6n(-c6ccccc6)c45)cccc23)cc1. The summed E-state index contributed by atoms with van der Waals surface area (Å²) in [4.78, 5) is 0. The number of hydrogen-bond donors (Lipinski definition) is 0. The Labute approximate surface area is 381 Å². The molecular weight excluding hydrogens is 797 g/mol. The van der Waals surface area contributed by atoms with Crippen LogP contribution in [-0.2, 0) is 0 Å². The second-order valence-electron chi connectivity index (χ2n) is 17.5. The van der Waals surface area contributed by atoms with E-state index in [1.807, 2.05) is 0 Å². The fourth-order valence-corrected chi connectivity index (χ4v) is 11.3. The van der Waals surface area contributed by atoms with Gasteiger partial charge >= 0.3 is 0 Å². The molecule has 0 radical (unpaired) electrons. The Morgan fingerprint density at radius 1 is 0.242 bits per heavy atom. The molecule has 0 fully saturated rings. The first kappa shape index (κ1) is 36.7. The van der Waals surface area contributed by atoms with Crippen LogP contribution in [0, 0.1) is 0 Å². The molecule has 0 N–H and O–H groups in total. The highest BCUT2D eigenvalue weighted by Gasteiger charge is 2.23. The van der Waals surface area contributed by atoms with Gasteiger partial charge in [-0.05, 0) is 108 Å². The quantitative estimate of drug-likeness (QED) is 0.153. The average molecular weight is 837 g/mol. The van der Waals surface area contributed by atoms with Crippen molar-refractivity contribution in [2.24, 2.45) is 0 Å². The summed E-state index contributed by atoms with van der Waals surface area (Å²) < 4.78 is 4.98. The maximum absolute atomic E-state index is 2.50. The van der Waals surface area contributed by atoms with Crippen LogP contribution in [0.3, 0.4) is 0 Å². The van der Waals surface area contributed by atoms with Gasteiger partial charge in [0.15, 0.2) is 0 Å². The monoisotopic (exact) mass is 836 g/mol. The van der Waals surface area contributed by atoms with Gasteiger partial charge in [0.2, 0.25) is 0 Å². The van der Waals surface area contributed by atoms with Crippen molar-refractivity contribution in [3.8, 4) is 44.8 Å². The maximum Gasteiger partial charge on any atom is 0.0619 e. The number of rotatable bonds is 5. The minimum atomic E-state index is 1.15. The zero-order chi connectivity index (χ0) is 43.3. The lowest BCUT2D eigenvalue weighted by Gasteiger charge is -2.19. The summed E-state index contributed by atoms with van der Waals surface area (Å²) in [5.74, 6) is 0. The Balaban J connectivity index is 1.13. The van der Waals surface area contributed by atoms with Gasteiger partial charge in [0, 0.05) is 44.0 Å². The number of hydrogen-bond acceptors (Lipinski definition) is 0. The molecule has 0 aliphatic carbocycles. The number of nitrogens with zero attached hydrogens (tertiary/aromatic N) is 2. The molecule has 12 aromatic carbocycles. The summed E-state index contributed by atoms with van der Waals surface area (Å²) in [6, 6.07) is 89.6. The molecule has 0 saturated heterocycles. The number of benzene rings is 12. The van der Waals surface area contributed by atoms with E-state index in [0.717, 1.165) is 11.4 Å². The largest absolute Gasteiger partial charge is 0.309 e. The maximum atomic E-state index is 2.50. The van der Waals surface area contributed by atoms with Crippen LogP contribution >= 0.6 is 0 Å². The zero-order valence-corrected chi connectivity index (χ0v) is 36.0. The van der Waals surface area contributed by atoms with Gasteiger partial charge in [0.05, 0.1) is 22.1 Å². The molecular formula is C64H40N2. The summed E-state index contributed by atoms with van der Waals surface area (Å²) in [5, 5.41) is 15.0. The van der Waals surface area contributed by atoms with Gasteiger partial charge in [-0.15, -0.1) is 0 Å². The van der Waals surface area contributed by atoms with Crippen molar-refractivity contribution in [2.75, 3.05) is 0 Å². The average Bonchev–Trinajstić information content (AvgIpc) is 3.92. The Morgan fingerprint density at radius 3 is 1.09 bits per heavy atom. The number of aromatic nitrogens is 2. The third-order valence-electron chi connectivity index (χ3n) is 14.1. The minimum Gasteiger partial charge on any atom is -0.309 e. The van der Waals surface area contributed by atoms with E-state index in [0.29, 0.717) is 0 Å². The van der Waals surface area contributed by atoms with Crippen molar-refractivity contribution in [3.63, 3.8) is 0 Å². The van der Waals surface area contributed by atoms with Crippen LogP contribution in [0.2, 0.25) is 0 Å². The molecule has 2 heteroatoms. The molecule has 0 amide bonds. The van der Waals surface area contributed by atoms with Gasteiger partial charge in [0.25, 0.3) is 0 Å². The molecule has 14 aromatic rings. The van der Waals surface area contributed by atoms with Gasteiger partial charge in [0.1, 0.15) is 0 Å². The van der Waals surface area contributed by atoms with E-state index in [4.69, 9.17) is 0 Å². The Morgan fingerprint density at radius 2 is 0.621 bits per heavy atom. The summed E-state index contributed by atoms with van der Waals surface area (Å²) in [6.45, 7) is 0. The third kappa shape index (κ3) is 5.30. The molecule has 0 aliphatic heterocycles. The molecule has 0 saturated carbocycles. The summed E-state index contributed by atoms with van der Waals surface area (Å²) in [7, 11) is 0. The highest BCUT2D eigenvalue weighted by molar-refractivity contribution is 6.27. The molecule has 14 rings (SSSR count). The summed E-state index contributed by atoms with van der Waals surface area (Å²) >= 11 is 0. The van der Waals surface area contributed by atoms with Crippen LogP contribution in [-0.4, -0.2) is 9.13 Å². The number of fused-ring (bicyclic) bond motifs is 12. The van der Waals surface area contributed by atoms with Crippen molar-refractivity contribution >= 4 is 86.7 Å². The van der Waals surface area contributed by atoms with Crippen molar-refractivity contribution in [2.45, 2.75) is 0 Å². The molecule has 0 bridgehead atoms. The van der Waals surface area contributed by atoms with E-state index in [-0.39, 0.29) is 0 Å². The molecule has 2 nitrogen and oxygen atoms in total. The predicted molar refractivity (Wildman–Crippen MR) is 281 cm³/mol. The topological polar surface area (TPSA) is 9.86 Å². The van der Waals surface area contributed by atoms with E-state index >= 15 is 0 Å². The normalized spacial score (nSPS) is 11.9. The van der Waals surface area contributed by atoms with Crippen LogP contribution in [0.25, 0.3) is 131 Å². The van der Waals surface area contributed by atoms with Gasteiger partial charge in [-0.25, -0.2) is 0 Å². The lowest BCUT2D eigenvalue weighted by molar-refractivity contribution is 1.18. The van der Waals surface area contributed by atoms with Crippen molar-refractivity contribution in [1.82, 2.24) is 9.13 Å². The van der Waals surface area contributed by atoms with E-state index in [1.54, 1.807) is 0 Å². The minimum absolute atomic E-state index is 1.15. The van der Waals surface area contributed by atoms with Gasteiger partial charge in [-0.3, -0.25) is 0 Å². The van der Waals surface area contributed by atoms with Crippen molar-refractivity contribution < 1.29 is 0 Å². The Hall–Kier alpha value is -8.72. The molecule has 2 aromatic heterocycles. The third-order valence-corrected chi connectivity index (χ3v) is 14.1. The van der Waals surface area contributed by atoms with Gasteiger partial charge in [-0.1, -0.05) is 200 Å². The molecule has 0 aliphatic rings. The summed E-state index contributed by atoms with van der Waals surface area (Å²) in [5.41, 5.74) is 14.4. The fraction of sp³-hybridized carbons (Fsp3) is 0. The molecule has 66 heavy (non-hydrogen) atoms. The molecule has 0 atom stereocenters. The van der Waals surface area contributed by atoms with Crippen LogP contribution in [0.5, 0.6) is 0 Å². The molecule has 306 valence electrons. The molecule has 2 heterocycles. The lowest BCUT2D eigenvalue weighted by Crippen LogP contribution is -1.97. The van der Waals surface area contributed by atoms with E-state index in [2.05, 4.69) is 252 Å². The first-order valence-electron chi connectivity index (χ1n) is 22.9. The zero-order valence-electron chi connectivity index (χ0n) is 36.0. The van der Waals surface area contributed by atoms with Gasteiger partial charge in [-0.2, -0.15) is 0 Å². The van der Waals surface area contributed by atoms with Crippen LogP contribution in [0.4, 0.5) is 0 Å². The number of para-hydroxylation sites is 4. The second kappa shape index (κ2) is 14.4. The Kier molecular flexibility index (Phi) is 8.02. The molecule has 0 spiro atoms. The van der Waals surface area contributed by atoms with Crippen LogP contribution in [0.15, 0.2) is 243 Å². The van der Waals surface area contributed by atoms with Gasteiger partial charge < -0.3 is 9.13 Å². The van der Waals surface area contributed by atoms with E-state index in [9.17, 15) is 0 Å². The van der Waals surface area contributed by atoms with Crippen molar-refractivity contribution in [3.05, 3.63) is 243 Å². The molecule has 0 unspecified atom stereocenters. The van der Waals surface area contributed by atoms with E-state index in [1.165, 1.54) is 120 Å². The lowest BCUT2D eigenvalue weighted by atomic mass is 9.86. The van der Waals surface area contributed by atoms with E-state index < -0.39 is 0 Å². The van der Waals surface area contributed by atoms with Crippen molar-refractivity contribution in [1.29, 1.82) is 0 Å². The highest BCUT2D eigenvalue weighted by atomic mass is 15.0. The van der Waals surface area contributed by atoms with Crippen LogP contribution in [0.1, 0.15) is 0 Å². The fourth-order valence-electron chi connectivity index (χ4n) is 11.3. The predicted octanol–water partition coefficient (Wildman–Crippen LogP) is 17.5. The highest BCUT2D eigenvalue weighted by Crippen LogP contribution is 2.48.